The first-order chi connectivity index (χ1) is 9.96. The van der Waals surface area contributed by atoms with E-state index in [1.54, 1.807) is 12.1 Å². The molecule has 0 aromatic heterocycles. The number of carbonyl (C=O) groups excluding carboxylic acids is 1. The largest absolute Gasteiger partial charge is 0.513 e. The third kappa shape index (κ3) is 4.24. The van der Waals surface area contributed by atoms with E-state index in [1.807, 2.05) is 23.5 Å². The van der Waals surface area contributed by atoms with Crippen LogP contribution in [0.15, 0.2) is 16.6 Å². The average Bonchev–Trinajstić information content (AvgIpc) is 2.28. The highest BCUT2D eigenvalue weighted by molar-refractivity contribution is 9.10. The van der Waals surface area contributed by atoms with E-state index >= 15 is 0 Å². The maximum atomic E-state index is 12.6. The first-order valence-electron chi connectivity index (χ1n) is 6.84. The number of benzene rings is 1. The van der Waals surface area contributed by atoms with Crippen molar-refractivity contribution in [1.29, 1.82) is 0 Å². The first-order valence-corrected chi connectivity index (χ1v) is 7.63. The van der Waals surface area contributed by atoms with Gasteiger partial charge >= 0.3 is 6.18 Å². The number of amides is 1. The summed E-state index contributed by atoms with van der Waals surface area (Å²) < 4.78 is 44.3. The maximum absolute atomic E-state index is 12.6. The Balaban J connectivity index is 2.41. The monoisotopic (exact) mass is 373 g/mol. The Kier molecular flexibility index (Phi) is 4.62. The molecule has 3 nitrogen and oxygen atoms in total. The van der Waals surface area contributed by atoms with Crippen LogP contribution in [0.4, 0.5) is 13.2 Å². The molecule has 10 heteroatoms. The highest BCUT2D eigenvalue weighted by Crippen LogP contribution is 2.34. The second-order valence-electron chi connectivity index (χ2n) is 6.24. The molecule has 1 aromatic carbocycles. The predicted octanol–water partition coefficient (Wildman–Crippen LogP) is -0.101. The van der Waals surface area contributed by atoms with Gasteiger partial charge in [0.15, 0.2) is 0 Å². The molecule has 1 amide bonds. The Bertz CT molecular complexity index is 605. The molecule has 0 saturated carbocycles. The van der Waals surface area contributed by atoms with Crippen molar-refractivity contribution in [3.63, 3.8) is 0 Å². The molecular formula is C12H14B3BrF3NO2. The van der Waals surface area contributed by atoms with Crippen LogP contribution in [-0.2, 0) is 6.42 Å². The number of carbonyl (C=O) groups is 1. The molecule has 116 valence electrons. The summed E-state index contributed by atoms with van der Waals surface area (Å²) in [5, 5.41) is -0.554. The van der Waals surface area contributed by atoms with Gasteiger partial charge in [-0.25, -0.2) is 0 Å². The van der Waals surface area contributed by atoms with Gasteiger partial charge in [0.1, 0.15) is 35.8 Å². The van der Waals surface area contributed by atoms with E-state index < -0.39 is 23.9 Å². The third-order valence-electron chi connectivity index (χ3n) is 3.09. The van der Waals surface area contributed by atoms with Crippen LogP contribution in [0.5, 0.6) is 5.75 Å². The molecule has 22 heavy (non-hydrogen) atoms. The molecule has 0 fully saturated rings. The van der Waals surface area contributed by atoms with Gasteiger partial charge in [0, 0.05) is 16.3 Å². The molecule has 1 aliphatic rings. The highest BCUT2D eigenvalue weighted by Gasteiger charge is 2.37. The van der Waals surface area contributed by atoms with Gasteiger partial charge in [-0.2, -0.15) is 13.2 Å². The number of rotatable bonds is 3. The Labute approximate surface area is 137 Å². The van der Waals surface area contributed by atoms with Crippen molar-refractivity contribution in [3.05, 3.63) is 27.7 Å². The van der Waals surface area contributed by atoms with Gasteiger partial charge in [0.2, 0.25) is 0 Å². The molecule has 2 rings (SSSR count). The van der Waals surface area contributed by atoms with Crippen molar-refractivity contribution in [1.82, 2.24) is 4.90 Å². The molecular weight excluding hydrogens is 359 g/mol. The third-order valence-corrected chi connectivity index (χ3v) is 3.54. The van der Waals surface area contributed by atoms with Crippen molar-refractivity contribution in [2.45, 2.75) is 17.9 Å². The SMILES string of the molecule is BC(B)(B)Oc1cc(Br)cc2c1C(=O)N(CC(F)(F)F)CC2. The zero-order valence-electron chi connectivity index (χ0n) is 12.6. The molecule has 0 radical (unpaired) electrons. The fourth-order valence-corrected chi connectivity index (χ4v) is 2.85. The second-order valence-corrected chi connectivity index (χ2v) is 7.16. The molecule has 1 aromatic rings. The van der Waals surface area contributed by atoms with Crippen LogP contribution in [0.2, 0.25) is 0 Å². The van der Waals surface area contributed by atoms with Crippen molar-refractivity contribution < 1.29 is 22.7 Å². The zero-order chi connectivity index (χ0) is 16.7. The number of hydrogen-bond acceptors (Lipinski definition) is 2. The average molecular weight is 374 g/mol. The summed E-state index contributed by atoms with van der Waals surface area (Å²) in [6.45, 7) is -1.19. The molecule has 0 aliphatic carbocycles. The minimum absolute atomic E-state index is 0.0523. The molecule has 0 bridgehead atoms. The number of alkyl halides is 3. The number of ether oxygens (including phenoxy) is 1. The summed E-state index contributed by atoms with van der Waals surface area (Å²) in [4.78, 5) is 13.3. The van der Waals surface area contributed by atoms with Gasteiger partial charge < -0.3 is 9.64 Å². The van der Waals surface area contributed by atoms with Gasteiger partial charge in [0.05, 0.1) is 5.56 Å². The lowest BCUT2D eigenvalue weighted by Gasteiger charge is -2.32. The van der Waals surface area contributed by atoms with E-state index in [1.165, 1.54) is 0 Å². The van der Waals surface area contributed by atoms with Crippen molar-refractivity contribution >= 4 is 45.4 Å². The quantitative estimate of drug-likeness (QED) is 0.693. The second kappa shape index (κ2) is 5.87. The summed E-state index contributed by atoms with van der Waals surface area (Å²) in [5.41, 5.74) is 0.936. The highest BCUT2D eigenvalue weighted by atomic mass is 79.9. The number of fused-ring (bicyclic) bond motifs is 1. The lowest BCUT2D eigenvalue weighted by Crippen LogP contribution is -2.44. The molecule has 0 spiro atoms. The van der Waals surface area contributed by atoms with Crippen molar-refractivity contribution in [3.8, 4) is 5.75 Å². The van der Waals surface area contributed by atoms with Crippen LogP contribution < -0.4 is 4.74 Å². The first kappa shape index (κ1) is 17.3. The number of hydrogen-bond donors (Lipinski definition) is 0. The van der Waals surface area contributed by atoms with Crippen molar-refractivity contribution in [2.75, 3.05) is 13.1 Å². The van der Waals surface area contributed by atoms with Crippen LogP contribution in [0, 0.1) is 0 Å². The molecule has 0 unspecified atom stereocenters. The number of nitrogens with zero attached hydrogens (tertiary/aromatic N) is 1. The minimum Gasteiger partial charge on any atom is -0.513 e. The maximum Gasteiger partial charge on any atom is 0.406 e. The Morgan fingerprint density at radius 3 is 2.45 bits per heavy atom. The van der Waals surface area contributed by atoms with Crippen LogP contribution in [0.3, 0.4) is 0 Å². The standard InChI is InChI=1S/C12H14B3BrF3NO2/c13-12(14,15)22-8-4-7(16)3-6-1-2-20(5-11(17,18)19)10(21)9(6)8/h3-4H,1-2,5,13-15H2. The summed E-state index contributed by atoms with van der Waals surface area (Å²) in [5.74, 6) is -0.320. The van der Waals surface area contributed by atoms with Crippen LogP contribution in [-0.4, -0.2) is 58.9 Å². The lowest BCUT2D eigenvalue weighted by molar-refractivity contribution is -0.141. The molecule has 1 aliphatic heterocycles. The zero-order valence-corrected chi connectivity index (χ0v) is 14.1. The van der Waals surface area contributed by atoms with Crippen LogP contribution in [0.1, 0.15) is 15.9 Å². The van der Waals surface area contributed by atoms with E-state index in [2.05, 4.69) is 15.9 Å². The molecule has 1 heterocycles. The van der Waals surface area contributed by atoms with Crippen LogP contribution >= 0.6 is 15.9 Å². The van der Waals surface area contributed by atoms with Gasteiger partial charge in [0.25, 0.3) is 5.91 Å². The topological polar surface area (TPSA) is 29.5 Å². The summed E-state index contributed by atoms with van der Waals surface area (Å²) in [7, 11) is 5.46. The van der Waals surface area contributed by atoms with Gasteiger partial charge in [-0.15, -0.1) is 0 Å². The normalized spacial score (nSPS) is 15.6. The van der Waals surface area contributed by atoms with E-state index in [4.69, 9.17) is 4.74 Å². The van der Waals surface area contributed by atoms with E-state index in [-0.39, 0.29) is 12.1 Å². The predicted molar refractivity (Wildman–Crippen MR) is 88.8 cm³/mol. The Morgan fingerprint density at radius 1 is 1.27 bits per heavy atom. The smallest absolute Gasteiger partial charge is 0.406 e. The minimum atomic E-state index is -4.41. The lowest BCUT2D eigenvalue weighted by atomic mass is 9.52. The van der Waals surface area contributed by atoms with Crippen LogP contribution in [0.25, 0.3) is 0 Å². The molecule has 0 atom stereocenters. The van der Waals surface area contributed by atoms with Gasteiger partial charge in [-0.1, -0.05) is 15.9 Å². The van der Waals surface area contributed by atoms with E-state index in [0.717, 1.165) is 9.37 Å². The summed E-state index contributed by atoms with van der Waals surface area (Å²) in [6.07, 6.45) is -4.04. The molecule has 0 saturated heterocycles. The summed E-state index contributed by atoms with van der Waals surface area (Å²) >= 11 is 3.35. The fourth-order valence-electron chi connectivity index (χ4n) is 2.37. The summed E-state index contributed by atoms with van der Waals surface area (Å²) in [6, 6.07) is 3.38. The Hall–Kier alpha value is -1.05. The number of halogens is 4. The van der Waals surface area contributed by atoms with Crippen molar-refractivity contribution in [2.24, 2.45) is 0 Å². The fraction of sp³-hybridized carbons (Fsp3) is 0.417. The van der Waals surface area contributed by atoms with E-state index in [0.29, 0.717) is 17.7 Å². The van der Waals surface area contributed by atoms with E-state index in [9.17, 15) is 18.0 Å². The molecule has 0 N–H and O–H groups in total. The van der Waals surface area contributed by atoms with Gasteiger partial charge in [-0.05, 0) is 24.1 Å². The Morgan fingerprint density at radius 2 is 1.91 bits per heavy atom. The van der Waals surface area contributed by atoms with Gasteiger partial charge in [-0.3, -0.25) is 4.79 Å².